The Morgan fingerprint density at radius 3 is 2.68 bits per heavy atom. The van der Waals surface area contributed by atoms with E-state index in [9.17, 15) is 9.90 Å². The van der Waals surface area contributed by atoms with E-state index in [0.717, 1.165) is 30.9 Å². The molecule has 1 fully saturated rings. The van der Waals surface area contributed by atoms with E-state index in [1.165, 1.54) is 11.1 Å². The topological polar surface area (TPSA) is 43.8 Å². The SMILES string of the molecule is CC(=O)N1CCN(c2csc3cc(O)ccc23)CC1. The third-order valence-corrected chi connectivity index (χ3v) is 4.54. The molecule has 0 saturated carbocycles. The number of piperazine rings is 1. The molecule has 1 aliphatic heterocycles. The van der Waals surface area contributed by atoms with Gasteiger partial charge in [0.25, 0.3) is 0 Å². The molecule has 1 aromatic heterocycles. The number of amides is 1. The van der Waals surface area contributed by atoms with E-state index in [-0.39, 0.29) is 5.91 Å². The molecule has 0 spiro atoms. The molecule has 0 aliphatic carbocycles. The third kappa shape index (κ3) is 2.26. The first-order chi connectivity index (χ1) is 9.15. The number of hydrogen-bond donors (Lipinski definition) is 1. The van der Waals surface area contributed by atoms with Gasteiger partial charge < -0.3 is 14.9 Å². The first-order valence-corrected chi connectivity index (χ1v) is 7.24. The van der Waals surface area contributed by atoms with E-state index in [2.05, 4.69) is 10.3 Å². The summed E-state index contributed by atoms with van der Waals surface area (Å²) in [5.74, 6) is 0.460. The molecule has 0 atom stereocenters. The first-order valence-electron chi connectivity index (χ1n) is 6.36. The van der Waals surface area contributed by atoms with Gasteiger partial charge in [-0.1, -0.05) is 0 Å². The first kappa shape index (κ1) is 12.3. The predicted molar refractivity (Wildman–Crippen MR) is 78.0 cm³/mol. The number of rotatable bonds is 1. The fraction of sp³-hybridized carbons (Fsp3) is 0.357. The monoisotopic (exact) mass is 276 g/mol. The molecule has 1 aromatic carbocycles. The van der Waals surface area contributed by atoms with Crippen molar-refractivity contribution in [2.75, 3.05) is 31.1 Å². The normalized spacial score (nSPS) is 16.1. The molecular weight excluding hydrogens is 260 g/mol. The van der Waals surface area contributed by atoms with E-state index in [1.807, 2.05) is 11.0 Å². The van der Waals surface area contributed by atoms with Crippen molar-refractivity contribution >= 4 is 33.0 Å². The Kier molecular flexibility index (Phi) is 3.06. The second-order valence-electron chi connectivity index (χ2n) is 4.79. The molecule has 1 N–H and O–H groups in total. The minimum Gasteiger partial charge on any atom is -0.508 e. The summed E-state index contributed by atoms with van der Waals surface area (Å²) in [4.78, 5) is 15.5. The van der Waals surface area contributed by atoms with E-state index >= 15 is 0 Å². The number of benzene rings is 1. The molecule has 1 saturated heterocycles. The van der Waals surface area contributed by atoms with Gasteiger partial charge >= 0.3 is 0 Å². The van der Waals surface area contributed by atoms with Gasteiger partial charge in [0.1, 0.15) is 5.75 Å². The Morgan fingerprint density at radius 1 is 1.26 bits per heavy atom. The van der Waals surface area contributed by atoms with Crippen LogP contribution in [0.1, 0.15) is 6.92 Å². The lowest BCUT2D eigenvalue weighted by Crippen LogP contribution is -2.48. The second kappa shape index (κ2) is 4.74. The van der Waals surface area contributed by atoms with Gasteiger partial charge in [0.2, 0.25) is 5.91 Å². The number of aromatic hydroxyl groups is 1. The highest BCUT2D eigenvalue weighted by Crippen LogP contribution is 2.35. The lowest BCUT2D eigenvalue weighted by molar-refractivity contribution is -0.129. The second-order valence-corrected chi connectivity index (χ2v) is 5.71. The Bertz CT molecular complexity index is 615. The maximum atomic E-state index is 11.3. The average Bonchev–Trinajstić information content (AvgIpc) is 2.81. The van der Waals surface area contributed by atoms with Gasteiger partial charge in [-0.3, -0.25) is 4.79 Å². The zero-order chi connectivity index (χ0) is 13.4. The number of fused-ring (bicyclic) bond motifs is 1. The summed E-state index contributed by atoms with van der Waals surface area (Å²) >= 11 is 1.65. The fourth-order valence-corrected chi connectivity index (χ4v) is 3.51. The summed E-state index contributed by atoms with van der Waals surface area (Å²) in [5.41, 5.74) is 1.21. The van der Waals surface area contributed by atoms with Crippen LogP contribution in [-0.2, 0) is 4.79 Å². The van der Waals surface area contributed by atoms with E-state index in [4.69, 9.17) is 0 Å². The molecule has 1 amide bonds. The van der Waals surface area contributed by atoms with Gasteiger partial charge in [0.15, 0.2) is 0 Å². The summed E-state index contributed by atoms with van der Waals surface area (Å²) < 4.78 is 1.10. The number of thiophene rings is 1. The summed E-state index contributed by atoms with van der Waals surface area (Å²) in [7, 11) is 0. The minimum atomic E-state index is 0.153. The maximum Gasteiger partial charge on any atom is 0.219 e. The quantitative estimate of drug-likeness (QED) is 0.869. The maximum absolute atomic E-state index is 11.3. The predicted octanol–water partition coefficient (Wildman–Crippen LogP) is 2.28. The van der Waals surface area contributed by atoms with Crippen LogP contribution >= 0.6 is 11.3 Å². The van der Waals surface area contributed by atoms with Crippen LogP contribution in [0.15, 0.2) is 23.6 Å². The highest BCUT2D eigenvalue weighted by Gasteiger charge is 2.20. The van der Waals surface area contributed by atoms with Gasteiger partial charge in [0, 0.05) is 48.6 Å². The number of phenolic OH excluding ortho intramolecular Hbond substituents is 1. The van der Waals surface area contributed by atoms with Gasteiger partial charge in [-0.25, -0.2) is 0 Å². The van der Waals surface area contributed by atoms with Crippen molar-refractivity contribution in [3.63, 3.8) is 0 Å². The number of nitrogens with zero attached hydrogens (tertiary/aromatic N) is 2. The summed E-state index contributed by atoms with van der Waals surface area (Å²) in [6.45, 7) is 4.92. The van der Waals surface area contributed by atoms with Crippen LogP contribution in [0.2, 0.25) is 0 Å². The lowest BCUT2D eigenvalue weighted by Gasteiger charge is -2.35. The van der Waals surface area contributed by atoms with Crippen molar-refractivity contribution in [2.45, 2.75) is 6.92 Å². The van der Waals surface area contributed by atoms with Gasteiger partial charge in [-0.2, -0.15) is 0 Å². The molecule has 100 valence electrons. The molecule has 3 rings (SSSR count). The molecule has 5 heteroatoms. The number of carbonyl (C=O) groups excluding carboxylic acids is 1. The molecule has 19 heavy (non-hydrogen) atoms. The third-order valence-electron chi connectivity index (χ3n) is 3.60. The molecule has 0 radical (unpaired) electrons. The van der Waals surface area contributed by atoms with Crippen molar-refractivity contribution < 1.29 is 9.90 Å². The van der Waals surface area contributed by atoms with Crippen molar-refractivity contribution in [1.29, 1.82) is 0 Å². The standard InChI is InChI=1S/C14H16N2O2S/c1-10(17)15-4-6-16(7-5-15)13-9-19-14-8-11(18)2-3-12(13)14/h2-3,8-9,18H,4-7H2,1H3. The molecular formula is C14H16N2O2S. The zero-order valence-corrected chi connectivity index (χ0v) is 11.6. The van der Waals surface area contributed by atoms with Crippen LogP contribution in [0.4, 0.5) is 5.69 Å². The molecule has 4 nitrogen and oxygen atoms in total. The number of hydrogen-bond acceptors (Lipinski definition) is 4. The number of anilines is 1. The fourth-order valence-electron chi connectivity index (χ4n) is 2.51. The van der Waals surface area contributed by atoms with Crippen LogP contribution < -0.4 is 4.90 Å². The lowest BCUT2D eigenvalue weighted by atomic mass is 10.2. The summed E-state index contributed by atoms with van der Waals surface area (Å²) in [6, 6.07) is 5.49. The Morgan fingerprint density at radius 2 is 2.00 bits per heavy atom. The van der Waals surface area contributed by atoms with E-state index in [1.54, 1.807) is 30.4 Å². The van der Waals surface area contributed by atoms with Crippen LogP contribution in [0.5, 0.6) is 5.75 Å². The van der Waals surface area contributed by atoms with Crippen molar-refractivity contribution in [3.8, 4) is 5.75 Å². The van der Waals surface area contributed by atoms with Crippen molar-refractivity contribution in [2.24, 2.45) is 0 Å². The summed E-state index contributed by atoms with van der Waals surface area (Å²) in [5, 5.41) is 12.8. The van der Waals surface area contributed by atoms with Crippen LogP contribution in [-0.4, -0.2) is 42.1 Å². The molecule has 1 aliphatic rings. The van der Waals surface area contributed by atoms with Gasteiger partial charge in [-0.15, -0.1) is 11.3 Å². The highest BCUT2D eigenvalue weighted by molar-refractivity contribution is 7.17. The van der Waals surface area contributed by atoms with Crippen LogP contribution in [0.3, 0.4) is 0 Å². The average molecular weight is 276 g/mol. The Labute approximate surface area is 115 Å². The van der Waals surface area contributed by atoms with E-state index < -0.39 is 0 Å². The highest BCUT2D eigenvalue weighted by atomic mass is 32.1. The largest absolute Gasteiger partial charge is 0.508 e. The van der Waals surface area contributed by atoms with Crippen molar-refractivity contribution in [1.82, 2.24) is 4.90 Å². The summed E-state index contributed by atoms with van der Waals surface area (Å²) in [6.07, 6.45) is 0. The molecule has 0 unspecified atom stereocenters. The van der Waals surface area contributed by atoms with E-state index in [0.29, 0.717) is 5.75 Å². The minimum absolute atomic E-state index is 0.153. The van der Waals surface area contributed by atoms with Crippen LogP contribution in [0.25, 0.3) is 10.1 Å². The molecule has 0 bridgehead atoms. The number of phenols is 1. The molecule has 2 heterocycles. The van der Waals surface area contributed by atoms with Crippen LogP contribution in [0, 0.1) is 0 Å². The van der Waals surface area contributed by atoms with Gasteiger partial charge in [0.05, 0.1) is 5.69 Å². The number of carbonyl (C=O) groups is 1. The van der Waals surface area contributed by atoms with Crippen molar-refractivity contribution in [3.05, 3.63) is 23.6 Å². The zero-order valence-electron chi connectivity index (χ0n) is 10.8. The van der Waals surface area contributed by atoms with Gasteiger partial charge in [-0.05, 0) is 18.2 Å². The molecule has 2 aromatic rings. The Balaban J connectivity index is 1.84. The Hall–Kier alpha value is -1.75. The smallest absolute Gasteiger partial charge is 0.219 e.